The van der Waals surface area contributed by atoms with Crippen LogP contribution in [-0.4, -0.2) is 65.3 Å². The van der Waals surface area contributed by atoms with E-state index in [0.29, 0.717) is 29.3 Å². The Labute approximate surface area is 240 Å². The normalized spacial score (nSPS) is 16.3. The van der Waals surface area contributed by atoms with E-state index in [0.717, 1.165) is 58.8 Å². The topological polar surface area (TPSA) is 98.7 Å². The standard InChI is InChI=1S/C30H39N7O2S/c1-19-18-40-28-26(19)27(33-25-11-7-10-24(32-25)30(2,3)38)34-29(35-28)31-20-12-13-22(23(17-20)39-6)37-15-8-9-21(14-16-37)36(4)5/h7,10-13,17-18,21,38H,8-9,14-16H2,1-6H3,(H2,31,32,33,34,35). The van der Waals surface area contributed by atoms with Crippen LogP contribution in [0.1, 0.15) is 44.4 Å². The number of hydrogen-bond donors (Lipinski definition) is 3. The first-order valence-corrected chi connectivity index (χ1v) is 14.6. The average Bonchev–Trinajstić information content (AvgIpc) is 3.12. The highest BCUT2D eigenvalue weighted by Crippen LogP contribution is 2.36. The largest absolute Gasteiger partial charge is 0.495 e. The molecule has 4 aromatic rings. The maximum atomic E-state index is 10.4. The van der Waals surface area contributed by atoms with Crippen LogP contribution in [0.2, 0.25) is 0 Å². The molecular formula is C30H39N7O2S. The molecule has 0 radical (unpaired) electrons. The van der Waals surface area contributed by atoms with Gasteiger partial charge in [-0.1, -0.05) is 6.07 Å². The molecule has 0 bridgehead atoms. The highest BCUT2D eigenvalue weighted by atomic mass is 32.1. The van der Waals surface area contributed by atoms with Gasteiger partial charge in [0, 0.05) is 30.9 Å². The van der Waals surface area contributed by atoms with E-state index >= 15 is 0 Å². The first-order chi connectivity index (χ1) is 19.1. The third kappa shape index (κ3) is 6.14. The lowest BCUT2D eigenvalue weighted by Crippen LogP contribution is -2.30. The molecular weight excluding hydrogens is 522 g/mol. The maximum Gasteiger partial charge on any atom is 0.230 e. The Morgan fingerprint density at radius 1 is 1.07 bits per heavy atom. The molecule has 4 heterocycles. The molecule has 3 N–H and O–H groups in total. The number of anilines is 5. The second-order valence-electron chi connectivity index (χ2n) is 11.1. The van der Waals surface area contributed by atoms with Crippen molar-refractivity contribution in [3.8, 4) is 5.75 Å². The smallest absolute Gasteiger partial charge is 0.230 e. The minimum Gasteiger partial charge on any atom is -0.495 e. The van der Waals surface area contributed by atoms with E-state index in [4.69, 9.17) is 14.7 Å². The summed E-state index contributed by atoms with van der Waals surface area (Å²) in [5.74, 6) is 2.58. The van der Waals surface area contributed by atoms with Gasteiger partial charge in [0.05, 0.1) is 23.9 Å². The predicted octanol–water partition coefficient (Wildman–Crippen LogP) is 6.04. The molecule has 1 unspecified atom stereocenters. The van der Waals surface area contributed by atoms with Crippen LogP contribution in [-0.2, 0) is 5.60 Å². The molecule has 0 spiro atoms. The highest BCUT2D eigenvalue weighted by Gasteiger charge is 2.22. The van der Waals surface area contributed by atoms with E-state index in [1.807, 2.05) is 31.2 Å². The summed E-state index contributed by atoms with van der Waals surface area (Å²) in [5.41, 5.74) is 2.58. The molecule has 212 valence electrons. The van der Waals surface area contributed by atoms with Crippen molar-refractivity contribution in [1.82, 2.24) is 19.9 Å². The molecule has 1 saturated heterocycles. The van der Waals surface area contributed by atoms with Gasteiger partial charge in [-0.05, 0) is 89.3 Å². The van der Waals surface area contributed by atoms with E-state index in [9.17, 15) is 5.11 Å². The van der Waals surface area contributed by atoms with Gasteiger partial charge in [0.25, 0.3) is 0 Å². The summed E-state index contributed by atoms with van der Waals surface area (Å²) < 4.78 is 5.84. The van der Waals surface area contributed by atoms with Gasteiger partial charge in [0.1, 0.15) is 27.8 Å². The van der Waals surface area contributed by atoms with Crippen LogP contribution in [0.3, 0.4) is 0 Å². The third-order valence-corrected chi connectivity index (χ3v) is 8.43. The molecule has 3 aromatic heterocycles. The van der Waals surface area contributed by atoms with Crippen molar-refractivity contribution in [3.63, 3.8) is 0 Å². The van der Waals surface area contributed by atoms with Gasteiger partial charge in [0.15, 0.2) is 0 Å². The van der Waals surface area contributed by atoms with Crippen LogP contribution in [0.25, 0.3) is 10.2 Å². The number of nitrogens with one attached hydrogen (secondary N) is 2. The molecule has 1 aromatic carbocycles. The quantitative estimate of drug-likeness (QED) is 0.238. The Morgan fingerprint density at radius 2 is 1.90 bits per heavy atom. The number of pyridine rings is 1. The lowest BCUT2D eigenvalue weighted by Gasteiger charge is -2.26. The lowest BCUT2D eigenvalue weighted by molar-refractivity contribution is 0.0740. The number of aliphatic hydroxyl groups is 1. The fourth-order valence-corrected chi connectivity index (χ4v) is 6.10. The van der Waals surface area contributed by atoms with Gasteiger partial charge in [-0.15, -0.1) is 11.3 Å². The number of benzene rings is 1. The Morgan fingerprint density at radius 3 is 2.65 bits per heavy atom. The van der Waals surface area contributed by atoms with Crippen LogP contribution in [0.4, 0.5) is 29.0 Å². The number of aromatic nitrogens is 3. The van der Waals surface area contributed by atoms with Crippen molar-refractivity contribution in [2.75, 3.05) is 49.8 Å². The Kier molecular flexibility index (Phi) is 8.11. The Bertz CT molecular complexity index is 1480. The monoisotopic (exact) mass is 561 g/mol. The van der Waals surface area contributed by atoms with E-state index in [2.05, 4.69) is 57.0 Å². The van der Waals surface area contributed by atoms with Crippen LogP contribution in [0, 0.1) is 6.92 Å². The number of fused-ring (bicyclic) bond motifs is 1. The molecule has 0 saturated carbocycles. The van der Waals surface area contributed by atoms with Crippen LogP contribution >= 0.6 is 11.3 Å². The van der Waals surface area contributed by atoms with E-state index < -0.39 is 5.60 Å². The van der Waals surface area contributed by atoms with Crippen LogP contribution < -0.4 is 20.3 Å². The van der Waals surface area contributed by atoms with Crippen molar-refractivity contribution in [2.24, 2.45) is 0 Å². The molecule has 1 fully saturated rings. The number of methoxy groups -OCH3 is 1. The van der Waals surface area contributed by atoms with Crippen LogP contribution in [0.5, 0.6) is 5.75 Å². The van der Waals surface area contributed by atoms with Crippen molar-refractivity contribution in [1.29, 1.82) is 0 Å². The van der Waals surface area contributed by atoms with Gasteiger partial charge in [0.2, 0.25) is 5.95 Å². The molecule has 10 heteroatoms. The SMILES string of the molecule is COc1cc(Nc2nc(Nc3cccc(C(C)(C)O)n3)c3c(C)csc3n2)ccc1N1CCCC(N(C)C)CC1. The van der Waals surface area contributed by atoms with Crippen molar-refractivity contribution < 1.29 is 9.84 Å². The van der Waals surface area contributed by atoms with Crippen molar-refractivity contribution in [3.05, 3.63) is 53.0 Å². The summed E-state index contributed by atoms with van der Waals surface area (Å²) in [6.45, 7) is 7.51. The summed E-state index contributed by atoms with van der Waals surface area (Å²) in [6.07, 6.45) is 3.50. The minimum atomic E-state index is -1.05. The van der Waals surface area contributed by atoms with Gasteiger partial charge >= 0.3 is 0 Å². The molecule has 5 rings (SSSR count). The summed E-state index contributed by atoms with van der Waals surface area (Å²) in [4.78, 5) is 19.9. The van der Waals surface area contributed by atoms with E-state index in [-0.39, 0.29) is 0 Å². The molecule has 9 nitrogen and oxygen atoms in total. The molecule has 1 aliphatic heterocycles. The molecule has 1 aliphatic rings. The average molecular weight is 562 g/mol. The minimum absolute atomic E-state index is 0.480. The molecule has 1 atom stereocenters. The first kappa shape index (κ1) is 28.1. The zero-order chi connectivity index (χ0) is 28.4. The van der Waals surface area contributed by atoms with Crippen LogP contribution in [0.15, 0.2) is 41.8 Å². The van der Waals surface area contributed by atoms with Crippen molar-refractivity contribution in [2.45, 2.75) is 51.7 Å². The van der Waals surface area contributed by atoms with E-state index in [1.165, 1.54) is 6.42 Å². The number of aryl methyl sites for hydroxylation is 1. The maximum absolute atomic E-state index is 10.4. The summed E-state index contributed by atoms with van der Waals surface area (Å²) in [7, 11) is 6.06. The second kappa shape index (κ2) is 11.6. The number of rotatable bonds is 8. The number of thiophene rings is 1. The summed E-state index contributed by atoms with van der Waals surface area (Å²) in [5, 5.41) is 20.2. The fraction of sp³-hybridized carbons (Fsp3) is 0.433. The molecule has 0 aliphatic carbocycles. The Balaban J connectivity index is 1.41. The van der Waals surface area contributed by atoms with Gasteiger partial charge in [-0.3, -0.25) is 0 Å². The van der Waals surface area contributed by atoms with Gasteiger partial charge < -0.3 is 30.3 Å². The molecule has 40 heavy (non-hydrogen) atoms. The predicted molar refractivity (Wildman–Crippen MR) is 165 cm³/mol. The van der Waals surface area contributed by atoms with Gasteiger partial charge in [-0.2, -0.15) is 4.98 Å². The summed E-state index contributed by atoms with van der Waals surface area (Å²) in [6, 6.07) is 12.4. The zero-order valence-corrected chi connectivity index (χ0v) is 25.0. The van der Waals surface area contributed by atoms with E-state index in [1.54, 1.807) is 32.3 Å². The Hall–Kier alpha value is -3.47. The zero-order valence-electron chi connectivity index (χ0n) is 24.2. The third-order valence-electron chi connectivity index (χ3n) is 7.44. The lowest BCUT2D eigenvalue weighted by atomic mass is 10.1. The summed E-state index contributed by atoms with van der Waals surface area (Å²) >= 11 is 1.58. The number of ether oxygens (including phenoxy) is 1. The second-order valence-corrected chi connectivity index (χ2v) is 12.0. The fourth-order valence-electron chi connectivity index (χ4n) is 5.18. The number of nitrogens with zero attached hydrogens (tertiary/aromatic N) is 5. The number of hydrogen-bond acceptors (Lipinski definition) is 10. The van der Waals surface area contributed by atoms with Gasteiger partial charge in [-0.25, -0.2) is 9.97 Å². The highest BCUT2D eigenvalue weighted by molar-refractivity contribution is 7.17. The first-order valence-electron chi connectivity index (χ1n) is 13.7. The van der Waals surface area contributed by atoms with Crippen molar-refractivity contribution >= 4 is 50.5 Å². The molecule has 0 amide bonds.